The van der Waals surface area contributed by atoms with Crippen molar-refractivity contribution in [3.8, 4) is 5.69 Å². The summed E-state index contributed by atoms with van der Waals surface area (Å²) < 4.78 is 71.9. The highest BCUT2D eigenvalue weighted by atomic mass is 32.2. The third kappa shape index (κ3) is 4.68. The molecule has 160 valence electrons. The van der Waals surface area contributed by atoms with Crippen molar-refractivity contribution in [2.75, 3.05) is 18.4 Å². The molecule has 0 bridgehead atoms. The molecule has 2 aromatic carbocycles. The zero-order chi connectivity index (χ0) is 21.9. The highest BCUT2D eigenvalue weighted by Crippen LogP contribution is 2.30. The van der Waals surface area contributed by atoms with E-state index in [1.54, 1.807) is 0 Å². The van der Waals surface area contributed by atoms with Gasteiger partial charge in [-0.2, -0.15) is 22.5 Å². The molecule has 0 spiro atoms. The first-order valence-electron chi connectivity index (χ1n) is 8.44. The van der Waals surface area contributed by atoms with E-state index in [1.165, 1.54) is 31.4 Å². The molecular weight excluding hydrogens is 427 g/mol. The summed E-state index contributed by atoms with van der Waals surface area (Å²) in [5.74, 6) is 0. The van der Waals surface area contributed by atoms with Gasteiger partial charge >= 0.3 is 11.9 Å². The van der Waals surface area contributed by atoms with Crippen LogP contribution in [0.25, 0.3) is 5.69 Å². The number of hydrogen-bond acceptors (Lipinski definition) is 6. The van der Waals surface area contributed by atoms with Crippen LogP contribution in [0.5, 0.6) is 0 Å². The van der Waals surface area contributed by atoms with Gasteiger partial charge in [0.05, 0.1) is 29.3 Å². The number of anilines is 1. The van der Waals surface area contributed by atoms with Crippen molar-refractivity contribution in [3.05, 3.63) is 64.6 Å². The quantitative estimate of drug-likeness (QED) is 0.598. The van der Waals surface area contributed by atoms with Gasteiger partial charge in [-0.3, -0.25) is 4.72 Å². The van der Waals surface area contributed by atoms with Gasteiger partial charge in [-0.25, -0.2) is 13.2 Å². The number of methoxy groups -OCH3 is 1. The number of nitrogens with one attached hydrogen (secondary N) is 1. The van der Waals surface area contributed by atoms with Crippen LogP contribution >= 0.6 is 0 Å². The molecule has 0 fully saturated rings. The highest BCUT2D eigenvalue weighted by molar-refractivity contribution is 7.92. The lowest BCUT2D eigenvalue weighted by Crippen LogP contribution is -2.25. The maximum absolute atomic E-state index is 12.6. The lowest BCUT2D eigenvalue weighted by molar-refractivity contribution is -0.137. The van der Waals surface area contributed by atoms with E-state index in [2.05, 4.69) is 15.1 Å². The summed E-state index contributed by atoms with van der Waals surface area (Å²) in [5.41, 5.74) is -0.945. The van der Waals surface area contributed by atoms with Crippen molar-refractivity contribution in [1.29, 1.82) is 0 Å². The Kier molecular flexibility index (Phi) is 5.94. The smallest absolute Gasteiger partial charge is 0.383 e. The third-order valence-corrected chi connectivity index (χ3v) is 5.40. The number of sulfonamides is 1. The van der Waals surface area contributed by atoms with Crippen LogP contribution < -0.4 is 10.4 Å². The number of tetrazole rings is 1. The van der Waals surface area contributed by atoms with E-state index in [9.17, 15) is 26.4 Å². The van der Waals surface area contributed by atoms with Gasteiger partial charge in [0, 0.05) is 12.8 Å². The SMILES string of the molecule is COCCn1nnn(-c2ccc(NS(=O)(=O)c3ccc(C(F)(F)F)cc3)cc2)c1=O. The number of aromatic nitrogens is 4. The summed E-state index contributed by atoms with van der Waals surface area (Å²) in [4.78, 5) is 11.9. The molecule has 3 aromatic rings. The lowest BCUT2D eigenvalue weighted by Gasteiger charge is -2.10. The van der Waals surface area contributed by atoms with Gasteiger partial charge in [0.1, 0.15) is 0 Å². The summed E-state index contributed by atoms with van der Waals surface area (Å²) >= 11 is 0. The first kappa shape index (κ1) is 21.5. The summed E-state index contributed by atoms with van der Waals surface area (Å²) in [7, 11) is -2.61. The van der Waals surface area contributed by atoms with E-state index in [0.717, 1.165) is 21.5 Å². The van der Waals surface area contributed by atoms with Crippen LogP contribution in [0.1, 0.15) is 5.56 Å². The Morgan fingerprint density at radius 2 is 1.67 bits per heavy atom. The highest BCUT2D eigenvalue weighted by Gasteiger charge is 2.30. The Morgan fingerprint density at radius 1 is 1.03 bits per heavy atom. The van der Waals surface area contributed by atoms with Crippen molar-refractivity contribution in [2.45, 2.75) is 17.6 Å². The third-order valence-electron chi connectivity index (χ3n) is 4.00. The minimum Gasteiger partial charge on any atom is -0.383 e. The Labute approximate surface area is 168 Å². The van der Waals surface area contributed by atoms with Gasteiger partial charge in [-0.15, -0.1) is 0 Å². The van der Waals surface area contributed by atoms with Crippen molar-refractivity contribution >= 4 is 15.7 Å². The van der Waals surface area contributed by atoms with Crippen molar-refractivity contribution in [1.82, 2.24) is 19.8 Å². The summed E-state index contributed by atoms with van der Waals surface area (Å²) in [6, 6.07) is 8.79. The van der Waals surface area contributed by atoms with Gasteiger partial charge in [-0.1, -0.05) is 0 Å². The second-order valence-corrected chi connectivity index (χ2v) is 7.75. The maximum atomic E-state index is 12.6. The molecule has 1 aromatic heterocycles. The second-order valence-electron chi connectivity index (χ2n) is 6.06. The van der Waals surface area contributed by atoms with Crippen LogP contribution in [-0.4, -0.2) is 41.9 Å². The van der Waals surface area contributed by atoms with Gasteiger partial charge < -0.3 is 4.74 Å². The molecule has 13 heteroatoms. The molecule has 3 rings (SSSR count). The van der Waals surface area contributed by atoms with E-state index < -0.39 is 27.5 Å². The fraction of sp³-hybridized carbons (Fsp3) is 0.235. The largest absolute Gasteiger partial charge is 0.416 e. The van der Waals surface area contributed by atoms with E-state index >= 15 is 0 Å². The normalized spacial score (nSPS) is 12.1. The van der Waals surface area contributed by atoms with E-state index in [1.807, 2.05) is 0 Å². The first-order valence-corrected chi connectivity index (χ1v) is 9.92. The topological polar surface area (TPSA) is 108 Å². The van der Waals surface area contributed by atoms with E-state index in [4.69, 9.17) is 4.74 Å². The van der Waals surface area contributed by atoms with Crippen LogP contribution in [0.15, 0.2) is 58.2 Å². The van der Waals surface area contributed by atoms with Crippen molar-refractivity contribution in [3.63, 3.8) is 0 Å². The molecule has 0 aliphatic heterocycles. The maximum Gasteiger partial charge on any atom is 0.416 e. The molecule has 0 aliphatic rings. The number of benzene rings is 2. The van der Waals surface area contributed by atoms with E-state index in [-0.39, 0.29) is 23.7 Å². The summed E-state index contributed by atoms with van der Waals surface area (Å²) in [6.07, 6.45) is -4.56. The number of hydrogen-bond donors (Lipinski definition) is 1. The Balaban J connectivity index is 1.77. The molecular formula is C17H16F3N5O4S. The second kappa shape index (κ2) is 8.28. The van der Waals surface area contributed by atoms with Crippen LogP contribution in [0.2, 0.25) is 0 Å². The molecule has 30 heavy (non-hydrogen) atoms. The van der Waals surface area contributed by atoms with Crippen molar-refractivity contribution in [2.24, 2.45) is 0 Å². The molecule has 0 aliphatic carbocycles. The number of nitrogens with zero attached hydrogens (tertiary/aromatic N) is 4. The fourth-order valence-corrected chi connectivity index (χ4v) is 3.52. The van der Waals surface area contributed by atoms with E-state index in [0.29, 0.717) is 17.8 Å². The predicted octanol–water partition coefficient (Wildman–Crippen LogP) is 1.89. The van der Waals surface area contributed by atoms with Crippen LogP contribution in [0.4, 0.5) is 18.9 Å². The van der Waals surface area contributed by atoms with Gasteiger partial charge in [0.15, 0.2) is 0 Å². The fourth-order valence-electron chi connectivity index (χ4n) is 2.46. The number of rotatable bonds is 7. The van der Waals surface area contributed by atoms with Crippen molar-refractivity contribution < 1.29 is 26.3 Å². The molecule has 0 saturated heterocycles. The molecule has 0 radical (unpaired) electrons. The number of halogens is 3. The van der Waals surface area contributed by atoms with Gasteiger partial charge in [-0.05, 0) is 59.0 Å². The Bertz CT molecular complexity index is 1170. The molecule has 9 nitrogen and oxygen atoms in total. The number of alkyl halides is 3. The summed E-state index contributed by atoms with van der Waals surface area (Å²) in [6.45, 7) is 0.504. The molecule has 0 saturated carbocycles. The Morgan fingerprint density at radius 3 is 2.23 bits per heavy atom. The van der Waals surface area contributed by atoms with Crippen LogP contribution in [0, 0.1) is 0 Å². The van der Waals surface area contributed by atoms with Gasteiger partial charge in [0.25, 0.3) is 10.0 Å². The minimum atomic E-state index is -4.56. The monoisotopic (exact) mass is 443 g/mol. The minimum absolute atomic E-state index is 0.151. The average molecular weight is 443 g/mol. The zero-order valence-electron chi connectivity index (χ0n) is 15.5. The molecule has 0 amide bonds. The first-order chi connectivity index (χ1) is 14.1. The zero-order valence-corrected chi connectivity index (χ0v) is 16.3. The standard InChI is InChI=1S/C17H16F3N5O4S/c1-29-11-10-24-16(26)25(23-22-24)14-6-4-13(5-7-14)21-30(27,28)15-8-2-12(3-9-15)17(18,19)20/h2-9,21H,10-11H2,1H3. The average Bonchev–Trinajstić information content (AvgIpc) is 3.06. The van der Waals surface area contributed by atoms with Crippen LogP contribution in [-0.2, 0) is 27.5 Å². The van der Waals surface area contributed by atoms with Crippen LogP contribution in [0.3, 0.4) is 0 Å². The molecule has 1 heterocycles. The lowest BCUT2D eigenvalue weighted by atomic mass is 10.2. The Hall–Kier alpha value is -3.19. The molecule has 1 N–H and O–H groups in total. The van der Waals surface area contributed by atoms with Gasteiger partial charge in [0.2, 0.25) is 0 Å². The number of ether oxygens (including phenoxy) is 1. The molecule has 0 unspecified atom stereocenters. The molecule has 0 atom stereocenters. The summed E-state index contributed by atoms with van der Waals surface area (Å²) in [5, 5.41) is 7.47. The predicted molar refractivity (Wildman–Crippen MR) is 99.7 cm³/mol.